The Hall–Kier alpha value is -3.87. The van der Waals surface area contributed by atoms with Gasteiger partial charge in [-0.3, -0.25) is 14.4 Å². The van der Waals surface area contributed by atoms with Crippen molar-refractivity contribution in [2.45, 2.75) is 18.8 Å². The van der Waals surface area contributed by atoms with Crippen LogP contribution in [0, 0.1) is 0 Å². The third-order valence-corrected chi connectivity index (χ3v) is 5.49. The maximum absolute atomic E-state index is 12.8. The van der Waals surface area contributed by atoms with Crippen LogP contribution < -0.4 is 20.3 Å². The Morgan fingerprint density at radius 2 is 1.55 bits per heavy atom. The van der Waals surface area contributed by atoms with Crippen molar-refractivity contribution in [1.82, 2.24) is 4.98 Å². The van der Waals surface area contributed by atoms with E-state index in [1.807, 2.05) is 24.3 Å². The van der Waals surface area contributed by atoms with Crippen molar-refractivity contribution in [2.24, 2.45) is 0 Å². The first-order chi connectivity index (χ1) is 15.0. The molecule has 0 saturated heterocycles. The minimum Gasteiger partial charge on any atom is -0.497 e. The fourth-order valence-corrected chi connectivity index (χ4v) is 3.78. The van der Waals surface area contributed by atoms with Crippen molar-refractivity contribution in [2.75, 3.05) is 19.5 Å². The Bertz CT molecular complexity index is 1180. The van der Waals surface area contributed by atoms with Gasteiger partial charge in [0.2, 0.25) is 0 Å². The highest BCUT2D eigenvalue weighted by molar-refractivity contribution is 6.06. The van der Waals surface area contributed by atoms with Crippen LogP contribution in [0.4, 0.5) is 5.69 Å². The number of benzene rings is 2. The Morgan fingerprint density at radius 1 is 0.935 bits per heavy atom. The predicted octanol–water partition coefficient (Wildman–Crippen LogP) is 3.56. The van der Waals surface area contributed by atoms with E-state index in [-0.39, 0.29) is 17.3 Å². The second-order valence-electron chi connectivity index (χ2n) is 7.39. The highest BCUT2D eigenvalue weighted by Gasteiger charge is 2.29. The Morgan fingerprint density at radius 3 is 2.16 bits per heavy atom. The van der Waals surface area contributed by atoms with E-state index in [0.717, 1.165) is 11.3 Å². The van der Waals surface area contributed by atoms with Crippen molar-refractivity contribution in [3.05, 3.63) is 87.3 Å². The van der Waals surface area contributed by atoms with Gasteiger partial charge in [0, 0.05) is 23.4 Å². The van der Waals surface area contributed by atoms with E-state index in [1.54, 1.807) is 38.5 Å². The summed E-state index contributed by atoms with van der Waals surface area (Å²) in [5.74, 6) is 0.686. The summed E-state index contributed by atoms with van der Waals surface area (Å²) in [5.41, 5.74) is 1.86. The number of rotatable bonds is 5. The van der Waals surface area contributed by atoms with Gasteiger partial charge in [0.25, 0.3) is 11.5 Å². The number of anilines is 1. The first-order valence-corrected chi connectivity index (χ1v) is 9.87. The lowest BCUT2D eigenvalue weighted by Crippen LogP contribution is -2.29. The van der Waals surface area contributed by atoms with Gasteiger partial charge < -0.3 is 19.8 Å². The number of ether oxygens (including phenoxy) is 2. The van der Waals surface area contributed by atoms with E-state index < -0.39 is 11.5 Å². The summed E-state index contributed by atoms with van der Waals surface area (Å²) in [6.45, 7) is 0. The number of pyridine rings is 1. The Kier molecular flexibility index (Phi) is 5.58. The number of hydrogen-bond acceptors (Lipinski definition) is 5. The average molecular weight is 418 g/mol. The standard InChI is InChI=1S/C24H22N2O5/c1-30-17-7-3-14(4-8-17)15-11-21-19(22(27)12-15)13-20(24(29)26-21)23(28)25-16-5-9-18(31-2)10-6-16/h3-10,13,15H,11-12H2,1-2H3,(H,25,28)(H,26,29)/t15-/m0/s1. The fraction of sp³-hybridized carbons (Fsp3) is 0.208. The maximum atomic E-state index is 12.8. The van der Waals surface area contributed by atoms with Crippen molar-refractivity contribution in [1.29, 1.82) is 0 Å². The van der Waals surface area contributed by atoms with Gasteiger partial charge in [-0.05, 0) is 60.4 Å². The number of amides is 1. The Balaban J connectivity index is 1.57. The van der Waals surface area contributed by atoms with Crippen LogP contribution in [0.2, 0.25) is 0 Å². The van der Waals surface area contributed by atoms with Crippen LogP contribution in [0.3, 0.4) is 0 Å². The molecule has 158 valence electrons. The molecule has 7 nitrogen and oxygen atoms in total. The van der Waals surface area contributed by atoms with Crippen LogP contribution in [-0.2, 0) is 6.42 Å². The molecule has 1 heterocycles. The van der Waals surface area contributed by atoms with Crippen molar-refractivity contribution < 1.29 is 19.1 Å². The number of methoxy groups -OCH3 is 2. The highest BCUT2D eigenvalue weighted by Crippen LogP contribution is 2.32. The molecule has 31 heavy (non-hydrogen) atoms. The van der Waals surface area contributed by atoms with Crippen molar-refractivity contribution >= 4 is 17.4 Å². The van der Waals surface area contributed by atoms with E-state index in [2.05, 4.69) is 10.3 Å². The number of H-pyrrole nitrogens is 1. The third kappa shape index (κ3) is 4.21. The zero-order chi connectivity index (χ0) is 22.0. The normalized spacial score (nSPS) is 15.2. The van der Waals surface area contributed by atoms with Crippen LogP contribution in [0.5, 0.6) is 11.5 Å². The molecule has 2 N–H and O–H groups in total. The van der Waals surface area contributed by atoms with Gasteiger partial charge in [-0.15, -0.1) is 0 Å². The Labute approximate surface area is 179 Å². The van der Waals surface area contributed by atoms with Crippen LogP contribution in [0.25, 0.3) is 0 Å². The molecule has 3 aromatic rings. The minimum atomic E-state index is -0.570. The number of aromatic amines is 1. The summed E-state index contributed by atoms with van der Waals surface area (Å²) in [6.07, 6.45) is 0.827. The smallest absolute Gasteiger partial charge is 0.261 e. The number of hydrogen-bond donors (Lipinski definition) is 2. The van der Waals surface area contributed by atoms with Crippen molar-refractivity contribution in [3.8, 4) is 11.5 Å². The molecule has 1 aliphatic rings. The first-order valence-electron chi connectivity index (χ1n) is 9.87. The molecule has 1 amide bonds. The lowest BCUT2D eigenvalue weighted by atomic mass is 9.81. The number of Topliss-reactive ketones (excluding diaryl/α,β-unsaturated/α-hetero) is 1. The summed E-state index contributed by atoms with van der Waals surface area (Å²) < 4.78 is 10.3. The first kappa shape index (κ1) is 20.4. The highest BCUT2D eigenvalue weighted by atomic mass is 16.5. The molecule has 1 aromatic heterocycles. The van der Waals surface area contributed by atoms with Gasteiger partial charge in [-0.1, -0.05) is 12.1 Å². The second kappa shape index (κ2) is 8.47. The molecule has 0 radical (unpaired) electrons. The number of aromatic nitrogens is 1. The van der Waals surface area contributed by atoms with E-state index >= 15 is 0 Å². The van der Waals surface area contributed by atoms with Gasteiger partial charge in [-0.2, -0.15) is 0 Å². The van der Waals surface area contributed by atoms with Crippen molar-refractivity contribution in [3.63, 3.8) is 0 Å². The third-order valence-electron chi connectivity index (χ3n) is 5.49. The number of ketones is 1. The molecule has 1 atom stereocenters. The topological polar surface area (TPSA) is 97.5 Å². The SMILES string of the molecule is COc1ccc(NC(=O)c2cc3c([nH]c2=O)C[C@H](c2ccc(OC)cc2)CC3=O)cc1. The molecule has 0 saturated carbocycles. The van der Waals surface area contributed by atoms with Crippen LogP contribution >= 0.6 is 0 Å². The lowest BCUT2D eigenvalue weighted by molar-refractivity contribution is 0.0963. The maximum Gasteiger partial charge on any atom is 0.261 e. The summed E-state index contributed by atoms with van der Waals surface area (Å²) in [5, 5.41) is 2.68. The molecule has 1 aliphatic carbocycles. The summed E-state index contributed by atoms with van der Waals surface area (Å²) in [6, 6.07) is 15.7. The quantitative estimate of drug-likeness (QED) is 0.660. The summed E-state index contributed by atoms with van der Waals surface area (Å²) >= 11 is 0. The van der Waals surface area contributed by atoms with E-state index in [1.165, 1.54) is 6.07 Å². The molecule has 0 aliphatic heterocycles. The predicted molar refractivity (Wildman–Crippen MR) is 116 cm³/mol. The zero-order valence-electron chi connectivity index (χ0n) is 17.2. The minimum absolute atomic E-state index is 0.0412. The molecule has 4 rings (SSSR count). The van der Waals surface area contributed by atoms with E-state index in [4.69, 9.17) is 9.47 Å². The number of fused-ring (bicyclic) bond motifs is 1. The largest absolute Gasteiger partial charge is 0.497 e. The van der Waals surface area contributed by atoms with Gasteiger partial charge in [0.05, 0.1) is 14.2 Å². The number of carbonyl (C=O) groups excluding carboxylic acids is 2. The molecule has 0 fully saturated rings. The molecule has 0 unspecified atom stereocenters. The molecule has 7 heteroatoms. The van der Waals surface area contributed by atoms with Gasteiger partial charge in [-0.25, -0.2) is 0 Å². The summed E-state index contributed by atoms with van der Waals surface area (Å²) in [4.78, 5) is 40.8. The second-order valence-corrected chi connectivity index (χ2v) is 7.39. The van der Waals surface area contributed by atoms with Crippen LogP contribution in [0.15, 0.2) is 59.4 Å². The van der Waals surface area contributed by atoms with Crippen LogP contribution in [-0.4, -0.2) is 30.9 Å². The molecule has 2 aromatic carbocycles. The lowest BCUT2D eigenvalue weighted by Gasteiger charge is -2.24. The van der Waals surface area contributed by atoms with Gasteiger partial charge in [0.1, 0.15) is 17.1 Å². The zero-order valence-corrected chi connectivity index (χ0v) is 17.2. The van der Waals surface area contributed by atoms with E-state index in [0.29, 0.717) is 35.5 Å². The van der Waals surface area contributed by atoms with E-state index in [9.17, 15) is 14.4 Å². The number of nitrogens with one attached hydrogen (secondary N) is 2. The number of carbonyl (C=O) groups is 2. The molecule has 0 bridgehead atoms. The fourth-order valence-electron chi connectivity index (χ4n) is 3.78. The average Bonchev–Trinajstić information content (AvgIpc) is 2.79. The molecular formula is C24H22N2O5. The molecular weight excluding hydrogens is 396 g/mol. The molecule has 0 spiro atoms. The van der Waals surface area contributed by atoms with Crippen LogP contribution in [0.1, 0.15) is 44.3 Å². The summed E-state index contributed by atoms with van der Waals surface area (Å²) in [7, 11) is 3.15. The van der Waals surface area contributed by atoms with Gasteiger partial charge >= 0.3 is 0 Å². The van der Waals surface area contributed by atoms with Gasteiger partial charge in [0.15, 0.2) is 5.78 Å². The monoisotopic (exact) mass is 418 g/mol.